The Morgan fingerprint density at radius 1 is 1.57 bits per heavy atom. The number of hydrogen-bond donors (Lipinski definition) is 2. The summed E-state index contributed by atoms with van der Waals surface area (Å²) in [6, 6.07) is 2.71. The molecule has 4 heteroatoms. The number of nitrogen functional groups attached to an aromatic ring is 1. The highest BCUT2D eigenvalue weighted by Crippen LogP contribution is 2.23. The first kappa shape index (κ1) is 10.5. The summed E-state index contributed by atoms with van der Waals surface area (Å²) in [7, 11) is 0. The Morgan fingerprint density at radius 3 is 2.71 bits per heavy atom. The third-order valence-electron chi connectivity index (χ3n) is 1.90. The van der Waals surface area contributed by atoms with E-state index < -0.39 is 5.82 Å². The van der Waals surface area contributed by atoms with Crippen molar-refractivity contribution < 1.29 is 9.18 Å². The number of nitrogens with two attached hydrogens (primary N) is 1. The maximum Gasteiger partial charge on any atom is 0.159 e. The second-order valence-electron chi connectivity index (χ2n) is 3.01. The molecule has 3 N–H and O–H groups in total. The minimum Gasteiger partial charge on any atom is -0.395 e. The van der Waals surface area contributed by atoms with Crippen molar-refractivity contribution in [3.63, 3.8) is 0 Å². The molecule has 1 aromatic carbocycles. The summed E-state index contributed by atoms with van der Waals surface area (Å²) in [5.74, 6) is -0.739. The summed E-state index contributed by atoms with van der Waals surface area (Å²) in [4.78, 5) is 11.0. The Hall–Kier alpha value is -1.58. The van der Waals surface area contributed by atoms with Crippen molar-refractivity contribution in [1.29, 1.82) is 0 Å². The van der Waals surface area contributed by atoms with E-state index in [1.807, 2.05) is 6.92 Å². The van der Waals surface area contributed by atoms with Crippen LogP contribution in [0.2, 0.25) is 0 Å². The van der Waals surface area contributed by atoms with Crippen LogP contribution in [-0.4, -0.2) is 12.3 Å². The van der Waals surface area contributed by atoms with Crippen molar-refractivity contribution in [3.05, 3.63) is 23.5 Å². The largest absolute Gasteiger partial charge is 0.395 e. The Labute approximate surface area is 82.1 Å². The molecule has 76 valence electrons. The third-order valence-corrected chi connectivity index (χ3v) is 1.90. The van der Waals surface area contributed by atoms with Crippen LogP contribution < -0.4 is 11.1 Å². The van der Waals surface area contributed by atoms with Crippen molar-refractivity contribution in [2.75, 3.05) is 17.6 Å². The number of halogens is 1. The lowest BCUT2D eigenvalue weighted by Crippen LogP contribution is -2.05. The summed E-state index contributed by atoms with van der Waals surface area (Å²) in [6.07, 6.45) is 0. The Kier molecular flexibility index (Phi) is 3.06. The molecule has 3 nitrogen and oxygen atoms in total. The van der Waals surface area contributed by atoms with Crippen LogP contribution in [0.1, 0.15) is 24.2 Å². The average molecular weight is 196 g/mol. The quantitative estimate of drug-likeness (QED) is 0.574. The molecule has 0 atom stereocenters. The standard InChI is InChI=1S/C10H13FN2O/c1-3-13-9-5-7(6(2)14)4-8(11)10(9)12/h4-5,13H,3,12H2,1-2H3. The van der Waals surface area contributed by atoms with Crippen molar-refractivity contribution in [3.8, 4) is 0 Å². The van der Waals surface area contributed by atoms with Crippen LogP contribution in [0.15, 0.2) is 12.1 Å². The first-order valence-electron chi connectivity index (χ1n) is 4.40. The Bertz CT molecular complexity index is 363. The monoisotopic (exact) mass is 196 g/mol. The van der Waals surface area contributed by atoms with E-state index in [4.69, 9.17) is 5.73 Å². The second-order valence-corrected chi connectivity index (χ2v) is 3.01. The lowest BCUT2D eigenvalue weighted by molar-refractivity contribution is 0.101. The summed E-state index contributed by atoms with van der Waals surface area (Å²) in [5, 5.41) is 2.89. The number of Topliss-reactive ketones (excluding diaryl/α,β-unsaturated/α-hetero) is 1. The lowest BCUT2D eigenvalue weighted by atomic mass is 10.1. The number of carbonyl (C=O) groups excluding carboxylic acids is 1. The van der Waals surface area contributed by atoms with E-state index in [-0.39, 0.29) is 11.5 Å². The van der Waals surface area contributed by atoms with Crippen molar-refractivity contribution in [2.24, 2.45) is 0 Å². The van der Waals surface area contributed by atoms with Gasteiger partial charge in [0, 0.05) is 12.1 Å². The van der Waals surface area contributed by atoms with Gasteiger partial charge in [0.15, 0.2) is 5.78 Å². The van der Waals surface area contributed by atoms with E-state index in [2.05, 4.69) is 5.32 Å². The number of carbonyl (C=O) groups is 1. The molecule has 14 heavy (non-hydrogen) atoms. The van der Waals surface area contributed by atoms with E-state index >= 15 is 0 Å². The van der Waals surface area contributed by atoms with Gasteiger partial charge in [-0.25, -0.2) is 4.39 Å². The zero-order valence-corrected chi connectivity index (χ0v) is 8.23. The molecule has 0 amide bonds. The predicted molar refractivity (Wildman–Crippen MR) is 55.0 cm³/mol. The summed E-state index contributed by atoms with van der Waals surface area (Å²) >= 11 is 0. The molecule has 1 rings (SSSR count). The predicted octanol–water partition coefficient (Wildman–Crippen LogP) is 2.04. The maximum atomic E-state index is 13.2. The minimum atomic E-state index is -0.561. The van der Waals surface area contributed by atoms with Gasteiger partial charge in [-0.05, 0) is 26.0 Å². The van der Waals surface area contributed by atoms with E-state index in [1.54, 1.807) is 6.07 Å². The second kappa shape index (κ2) is 4.09. The molecular weight excluding hydrogens is 183 g/mol. The average Bonchev–Trinajstić information content (AvgIpc) is 2.12. The van der Waals surface area contributed by atoms with Gasteiger partial charge in [-0.3, -0.25) is 4.79 Å². The molecule has 0 aliphatic rings. The van der Waals surface area contributed by atoms with Crippen LogP contribution in [0.4, 0.5) is 15.8 Å². The van der Waals surface area contributed by atoms with Crippen LogP contribution >= 0.6 is 0 Å². The molecule has 0 aliphatic heterocycles. The zero-order chi connectivity index (χ0) is 10.7. The highest BCUT2D eigenvalue weighted by atomic mass is 19.1. The molecule has 0 fully saturated rings. The molecule has 0 aromatic heterocycles. The van der Waals surface area contributed by atoms with Crippen LogP contribution in [-0.2, 0) is 0 Å². The molecular formula is C10H13FN2O. The van der Waals surface area contributed by atoms with Crippen LogP contribution in [0.3, 0.4) is 0 Å². The number of benzene rings is 1. The van der Waals surface area contributed by atoms with Crippen LogP contribution in [0, 0.1) is 5.82 Å². The number of anilines is 2. The SMILES string of the molecule is CCNc1cc(C(C)=O)cc(F)c1N. The number of rotatable bonds is 3. The molecule has 1 aromatic rings. The van der Waals surface area contributed by atoms with Gasteiger partial charge >= 0.3 is 0 Å². The zero-order valence-electron chi connectivity index (χ0n) is 8.23. The van der Waals surface area contributed by atoms with Gasteiger partial charge in [-0.1, -0.05) is 0 Å². The maximum absolute atomic E-state index is 13.2. The number of nitrogens with one attached hydrogen (secondary N) is 1. The lowest BCUT2D eigenvalue weighted by Gasteiger charge is -2.09. The first-order valence-corrected chi connectivity index (χ1v) is 4.40. The van der Waals surface area contributed by atoms with Gasteiger partial charge in [0.1, 0.15) is 5.82 Å². The van der Waals surface area contributed by atoms with Gasteiger partial charge in [0.25, 0.3) is 0 Å². The Balaban J connectivity index is 3.20. The van der Waals surface area contributed by atoms with Gasteiger partial charge in [0.05, 0.1) is 11.4 Å². The number of ketones is 1. The van der Waals surface area contributed by atoms with E-state index in [0.29, 0.717) is 17.8 Å². The van der Waals surface area contributed by atoms with Crippen LogP contribution in [0.25, 0.3) is 0 Å². The highest BCUT2D eigenvalue weighted by molar-refractivity contribution is 5.96. The fourth-order valence-corrected chi connectivity index (χ4v) is 1.16. The molecule has 0 aliphatic carbocycles. The minimum absolute atomic E-state index is 0.0526. The summed E-state index contributed by atoms with van der Waals surface area (Å²) in [5.41, 5.74) is 6.34. The van der Waals surface area contributed by atoms with E-state index in [0.717, 1.165) is 6.07 Å². The van der Waals surface area contributed by atoms with E-state index in [9.17, 15) is 9.18 Å². The van der Waals surface area contributed by atoms with Gasteiger partial charge in [-0.2, -0.15) is 0 Å². The smallest absolute Gasteiger partial charge is 0.159 e. The molecule has 0 radical (unpaired) electrons. The third kappa shape index (κ3) is 2.02. The molecule has 0 unspecified atom stereocenters. The molecule has 0 bridgehead atoms. The first-order chi connectivity index (χ1) is 6.56. The normalized spacial score (nSPS) is 9.93. The molecule has 0 spiro atoms. The summed E-state index contributed by atoms with van der Waals surface area (Å²) < 4.78 is 13.2. The van der Waals surface area contributed by atoms with E-state index in [1.165, 1.54) is 6.92 Å². The topological polar surface area (TPSA) is 55.1 Å². The fourth-order valence-electron chi connectivity index (χ4n) is 1.16. The number of hydrogen-bond acceptors (Lipinski definition) is 3. The molecule has 0 saturated heterocycles. The molecule has 0 saturated carbocycles. The van der Waals surface area contributed by atoms with Gasteiger partial charge in [-0.15, -0.1) is 0 Å². The highest BCUT2D eigenvalue weighted by Gasteiger charge is 2.09. The van der Waals surface area contributed by atoms with Crippen molar-refractivity contribution in [2.45, 2.75) is 13.8 Å². The van der Waals surface area contributed by atoms with Crippen molar-refractivity contribution >= 4 is 17.2 Å². The van der Waals surface area contributed by atoms with Gasteiger partial charge < -0.3 is 11.1 Å². The Morgan fingerprint density at radius 2 is 2.21 bits per heavy atom. The van der Waals surface area contributed by atoms with Gasteiger partial charge in [0.2, 0.25) is 0 Å². The molecule has 0 heterocycles. The fraction of sp³-hybridized carbons (Fsp3) is 0.300. The van der Waals surface area contributed by atoms with Crippen LogP contribution in [0.5, 0.6) is 0 Å². The van der Waals surface area contributed by atoms with Crippen molar-refractivity contribution in [1.82, 2.24) is 0 Å². The summed E-state index contributed by atoms with van der Waals surface area (Å²) in [6.45, 7) is 3.89.